The fourth-order valence-electron chi connectivity index (χ4n) is 3.21. The molecule has 0 aromatic heterocycles. The zero-order valence-electron chi connectivity index (χ0n) is 12.3. The number of hydrogen-bond donors (Lipinski definition) is 0. The van der Waals surface area contributed by atoms with E-state index in [-0.39, 0.29) is 16.8 Å². The molecule has 1 aromatic rings. The van der Waals surface area contributed by atoms with Crippen molar-refractivity contribution in [3.05, 3.63) is 29.8 Å². The molecule has 2 saturated heterocycles. The Labute approximate surface area is 130 Å². The Balaban J connectivity index is 1.98. The van der Waals surface area contributed by atoms with Crippen molar-refractivity contribution in [1.29, 1.82) is 5.26 Å². The van der Waals surface area contributed by atoms with Crippen LogP contribution in [0, 0.1) is 11.3 Å². The van der Waals surface area contributed by atoms with Gasteiger partial charge in [0.15, 0.2) is 0 Å². The Bertz CT molecular complexity index is 754. The van der Waals surface area contributed by atoms with E-state index >= 15 is 0 Å². The first kappa shape index (κ1) is 15.0. The van der Waals surface area contributed by atoms with Gasteiger partial charge in [-0.2, -0.15) is 9.57 Å². The molecule has 2 atom stereocenters. The van der Waals surface area contributed by atoms with Crippen LogP contribution >= 0.6 is 0 Å². The van der Waals surface area contributed by atoms with Crippen molar-refractivity contribution in [2.24, 2.45) is 0 Å². The van der Waals surface area contributed by atoms with Crippen LogP contribution in [0.15, 0.2) is 29.2 Å². The largest absolute Gasteiger partial charge is 0.337 e. The average molecular weight is 319 g/mol. The molecular weight excluding hydrogens is 302 g/mol. The highest BCUT2D eigenvalue weighted by Gasteiger charge is 2.45. The van der Waals surface area contributed by atoms with Gasteiger partial charge in [0.25, 0.3) is 0 Å². The van der Waals surface area contributed by atoms with Crippen LogP contribution in [0.2, 0.25) is 0 Å². The second-order valence-electron chi connectivity index (χ2n) is 5.72. The summed E-state index contributed by atoms with van der Waals surface area (Å²) < 4.78 is 27.0. The van der Waals surface area contributed by atoms with Gasteiger partial charge < -0.3 is 4.90 Å². The third kappa shape index (κ3) is 2.28. The Morgan fingerprint density at radius 2 is 2.14 bits per heavy atom. The van der Waals surface area contributed by atoms with E-state index in [1.54, 1.807) is 24.0 Å². The van der Waals surface area contributed by atoms with E-state index in [1.807, 2.05) is 6.07 Å². The number of nitrogens with zero attached hydrogens (tertiary/aromatic N) is 3. The monoisotopic (exact) mass is 319 g/mol. The maximum atomic E-state index is 12.8. The Hall–Kier alpha value is -1.91. The first-order valence-electron chi connectivity index (χ1n) is 7.27. The van der Waals surface area contributed by atoms with Crippen LogP contribution in [-0.2, 0) is 14.8 Å². The lowest BCUT2D eigenvalue weighted by molar-refractivity contribution is -0.139. The lowest BCUT2D eigenvalue weighted by Crippen LogP contribution is -2.59. The second-order valence-corrected chi connectivity index (χ2v) is 7.61. The molecule has 0 bridgehead atoms. The van der Waals surface area contributed by atoms with Crippen molar-refractivity contribution in [3.63, 3.8) is 0 Å². The molecule has 3 rings (SSSR count). The molecule has 0 unspecified atom stereocenters. The van der Waals surface area contributed by atoms with E-state index in [0.717, 1.165) is 12.8 Å². The predicted octanol–water partition coefficient (Wildman–Crippen LogP) is 0.942. The molecule has 116 valence electrons. The van der Waals surface area contributed by atoms with E-state index in [0.29, 0.717) is 18.7 Å². The zero-order chi connectivity index (χ0) is 15.9. The Kier molecular flexibility index (Phi) is 3.67. The number of fused-ring (bicyclic) bond motifs is 1. The van der Waals surface area contributed by atoms with Crippen molar-refractivity contribution >= 4 is 15.9 Å². The first-order chi connectivity index (χ1) is 10.4. The lowest BCUT2D eigenvalue weighted by atomic mass is 10.1. The van der Waals surface area contributed by atoms with Gasteiger partial charge in [-0.15, -0.1) is 0 Å². The minimum Gasteiger partial charge on any atom is -0.337 e. The van der Waals surface area contributed by atoms with Crippen molar-refractivity contribution in [3.8, 4) is 6.07 Å². The third-order valence-electron chi connectivity index (χ3n) is 4.41. The zero-order valence-corrected chi connectivity index (χ0v) is 13.1. The molecule has 2 aliphatic rings. The van der Waals surface area contributed by atoms with Gasteiger partial charge in [-0.1, -0.05) is 6.07 Å². The van der Waals surface area contributed by atoms with Gasteiger partial charge in [0.05, 0.1) is 16.5 Å². The third-order valence-corrected chi connectivity index (χ3v) is 6.34. The number of piperazine rings is 1. The van der Waals surface area contributed by atoms with Gasteiger partial charge in [-0.3, -0.25) is 4.79 Å². The quantitative estimate of drug-likeness (QED) is 0.812. The van der Waals surface area contributed by atoms with Crippen LogP contribution in [0.3, 0.4) is 0 Å². The lowest BCUT2D eigenvalue weighted by Gasteiger charge is -2.40. The number of carbonyl (C=O) groups excluding carboxylic acids is 1. The fourth-order valence-corrected chi connectivity index (χ4v) is 4.88. The maximum Gasteiger partial charge on any atom is 0.243 e. The van der Waals surface area contributed by atoms with Gasteiger partial charge in [-0.05, 0) is 38.0 Å². The van der Waals surface area contributed by atoms with Gasteiger partial charge in [0.2, 0.25) is 15.9 Å². The van der Waals surface area contributed by atoms with Crippen molar-refractivity contribution < 1.29 is 13.2 Å². The summed E-state index contributed by atoms with van der Waals surface area (Å²) in [6.45, 7) is 2.67. The molecule has 0 spiro atoms. The molecule has 1 aromatic carbocycles. The highest BCUT2D eigenvalue weighted by molar-refractivity contribution is 7.89. The molecule has 1 amide bonds. The summed E-state index contributed by atoms with van der Waals surface area (Å²) in [5.74, 6) is -0.131. The summed E-state index contributed by atoms with van der Waals surface area (Å²) in [5.41, 5.74) is 0.291. The topological polar surface area (TPSA) is 81.5 Å². The summed E-state index contributed by atoms with van der Waals surface area (Å²) >= 11 is 0. The summed E-state index contributed by atoms with van der Waals surface area (Å²) in [4.78, 5) is 14.2. The molecule has 0 N–H and O–H groups in total. The van der Waals surface area contributed by atoms with Crippen LogP contribution < -0.4 is 0 Å². The number of sulfonamides is 1. The summed E-state index contributed by atoms with van der Waals surface area (Å²) in [6, 6.07) is 7.13. The standard InChI is InChI=1S/C15H17N3O3S/c1-11-15(19)17-7-3-5-13(17)10-18(11)22(20,21)14-6-2-4-12(8-14)9-16/h2,4,6,8,11,13H,3,5,7,10H2,1H3/t11-,13-/m0/s1. The molecule has 2 fully saturated rings. The minimum atomic E-state index is -3.78. The van der Waals surface area contributed by atoms with Gasteiger partial charge in [-0.25, -0.2) is 8.42 Å². The van der Waals surface area contributed by atoms with E-state index in [2.05, 4.69) is 0 Å². The number of carbonyl (C=O) groups is 1. The maximum absolute atomic E-state index is 12.8. The molecule has 0 saturated carbocycles. The number of benzene rings is 1. The minimum absolute atomic E-state index is 0.0300. The normalized spacial score (nSPS) is 25.8. The molecule has 2 aliphatic heterocycles. The molecular formula is C15H17N3O3S. The smallest absolute Gasteiger partial charge is 0.243 e. The highest BCUT2D eigenvalue weighted by Crippen LogP contribution is 2.30. The van der Waals surface area contributed by atoms with E-state index in [1.165, 1.54) is 16.4 Å². The van der Waals surface area contributed by atoms with Gasteiger partial charge in [0, 0.05) is 19.1 Å². The van der Waals surface area contributed by atoms with Crippen LogP contribution in [0.5, 0.6) is 0 Å². The molecule has 2 heterocycles. The van der Waals surface area contributed by atoms with Gasteiger partial charge >= 0.3 is 0 Å². The number of rotatable bonds is 2. The van der Waals surface area contributed by atoms with Crippen LogP contribution in [0.1, 0.15) is 25.3 Å². The number of hydrogen-bond acceptors (Lipinski definition) is 4. The molecule has 22 heavy (non-hydrogen) atoms. The fraction of sp³-hybridized carbons (Fsp3) is 0.467. The summed E-state index contributed by atoms with van der Waals surface area (Å²) in [5, 5.41) is 8.94. The molecule has 7 heteroatoms. The molecule has 6 nitrogen and oxygen atoms in total. The van der Waals surface area contributed by atoms with Crippen molar-refractivity contribution in [2.45, 2.75) is 36.7 Å². The summed E-state index contributed by atoms with van der Waals surface area (Å²) in [7, 11) is -3.78. The van der Waals surface area contributed by atoms with E-state index < -0.39 is 16.1 Å². The highest BCUT2D eigenvalue weighted by atomic mass is 32.2. The number of nitriles is 1. The Morgan fingerprint density at radius 1 is 1.36 bits per heavy atom. The molecule has 0 aliphatic carbocycles. The first-order valence-corrected chi connectivity index (χ1v) is 8.71. The van der Waals surface area contributed by atoms with Crippen LogP contribution in [0.25, 0.3) is 0 Å². The second kappa shape index (κ2) is 5.38. The van der Waals surface area contributed by atoms with Crippen molar-refractivity contribution in [2.75, 3.05) is 13.1 Å². The average Bonchev–Trinajstić information content (AvgIpc) is 2.99. The molecule has 0 radical (unpaired) electrons. The number of amides is 1. The summed E-state index contributed by atoms with van der Waals surface area (Å²) in [6.07, 6.45) is 1.75. The Morgan fingerprint density at radius 3 is 2.86 bits per heavy atom. The van der Waals surface area contributed by atoms with Crippen molar-refractivity contribution in [1.82, 2.24) is 9.21 Å². The van der Waals surface area contributed by atoms with E-state index in [9.17, 15) is 13.2 Å². The van der Waals surface area contributed by atoms with Crippen LogP contribution in [-0.4, -0.2) is 48.7 Å². The van der Waals surface area contributed by atoms with Crippen LogP contribution in [0.4, 0.5) is 0 Å². The van der Waals surface area contributed by atoms with E-state index in [4.69, 9.17) is 5.26 Å². The van der Waals surface area contributed by atoms with Gasteiger partial charge in [0.1, 0.15) is 6.04 Å². The predicted molar refractivity (Wildman–Crippen MR) is 79.2 cm³/mol. The SMILES string of the molecule is C[C@H]1C(=O)N2CCC[C@H]2CN1S(=O)(=O)c1cccc(C#N)c1.